The number of nitrogens with one attached hydrogen (secondary N) is 1. The van der Waals surface area contributed by atoms with E-state index in [9.17, 15) is 9.90 Å². The number of H-pyrrole nitrogens is 1. The van der Waals surface area contributed by atoms with Crippen molar-refractivity contribution < 1.29 is 19.4 Å². The molecule has 30 heavy (non-hydrogen) atoms. The molecule has 0 saturated carbocycles. The number of methoxy groups -OCH3 is 1. The minimum absolute atomic E-state index is 0.201. The van der Waals surface area contributed by atoms with Crippen molar-refractivity contribution in [2.24, 2.45) is 5.41 Å². The van der Waals surface area contributed by atoms with Crippen LogP contribution >= 0.6 is 11.6 Å². The third kappa shape index (κ3) is 3.09. The molecule has 7 nitrogen and oxygen atoms in total. The van der Waals surface area contributed by atoms with E-state index in [1.54, 1.807) is 19.2 Å². The number of aromatic carboxylic acids is 1. The first-order valence-electron chi connectivity index (χ1n) is 9.92. The Morgan fingerprint density at radius 2 is 2.20 bits per heavy atom. The molecule has 1 unspecified atom stereocenters. The third-order valence-electron chi connectivity index (χ3n) is 6.28. The molecule has 0 amide bonds. The number of fused-ring (bicyclic) bond motifs is 1. The van der Waals surface area contributed by atoms with E-state index in [0.29, 0.717) is 27.4 Å². The lowest BCUT2D eigenvalue weighted by Gasteiger charge is -2.23. The van der Waals surface area contributed by atoms with Gasteiger partial charge in [0.1, 0.15) is 5.82 Å². The number of ether oxygens (including phenoxy) is 2. The van der Waals surface area contributed by atoms with Gasteiger partial charge in [0.2, 0.25) is 5.88 Å². The molecule has 2 N–H and O–H groups in total. The predicted octanol–water partition coefficient (Wildman–Crippen LogP) is 4.21. The van der Waals surface area contributed by atoms with Crippen molar-refractivity contribution in [1.29, 1.82) is 0 Å². The summed E-state index contributed by atoms with van der Waals surface area (Å²) in [7, 11) is 1.58. The molecule has 1 atom stereocenters. The first-order chi connectivity index (χ1) is 14.5. The largest absolute Gasteiger partial charge is 0.480 e. The number of carbonyl (C=O) groups is 1. The molecule has 0 radical (unpaired) electrons. The number of pyridine rings is 1. The van der Waals surface area contributed by atoms with Gasteiger partial charge in [-0.05, 0) is 37.1 Å². The Morgan fingerprint density at radius 3 is 2.93 bits per heavy atom. The summed E-state index contributed by atoms with van der Waals surface area (Å²) in [6.45, 7) is 3.52. The summed E-state index contributed by atoms with van der Waals surface area (Å²) in [5.41, 5.74) is 2.52. The van der Waals surface area contributed by atoms with Gasteiger partial charge >= 0.3 is 5.97 Å². The van der Waals surface area contributed by atoms with Crippen LogP contribution in [0.4, 0.5) is 5.82 Å². The number of benzene rings is 1. The highest BCUT2D eigenvalue weighted by Crippen LogP contribution is 2.42. The van der Waals surface area contributed by atoms with Gasteiger partial charge in [0, 0.05) is 53.3 Å². The highest BCUT2D eigenvalue weighted by atomic mass is 35.5. The third-order valence-corrected chi connectivity index (χ3v) is 6.59. The average molecular weight is 428 g/mol. The number of carboxylic acids is 1. The van der Waals surface area contributed by atoms with Gasteiger partial charge in [-0.3, -0.25) is 0 Å². The lowest BCUT2D eigenvalue weighted by Crippen LogP contribution is -2.27. The summed E-state index contributed by atoms with van der Waals surface area (Å²) in [4.78, 5) is 21.5. The van der Waals surface area contributed by atoms with Crippen LogP contribution in [-0.2, 0) is 4.74 Å². The fourth-order valence-corrected chi connectivity index (χ4v) is 4.86. The Hall–Kier alpha value is -2.77. The Bertz CT molecular complexity index is 1140. The SMILES string of the molecule is COc1nc(N2CCC3(CCOC3)C2)ccc1-c1cc2c(C(=O)O)c[nH]c2cc1Cl. The summed E-state index contributed by atoms with van der Waals surface area (Å²) in [5.74, 6) is 0.336. The number of aromatic amines is 1. The average Bonchev–Trinajstić information content (AvgIpc) is 3.47. The number of carboxylic acid groups (broad SMARTS) is 1. The highest BCUT2D eigenvalue weighted by molar-refractivity contribution is 6.34. The maximum atomic E-state index is 11.5. The van der Waals surface area contributed by atoms with Crippen molar-refractivity contribution in [2.45, 2.75) is 12.8 Å². The number of nitrogens with zero attached hydrogens (tertiary/aromatic N) is 2. The number of aromatic nitrogens is 2. The van der Waals surface area contributed by atoms with E-state index < -0.39 is 5.97 Å². The Balaban J connectivity index is 1.53. The van der Waals surface area contributed by atoms with Gasteiger partial charge in [0.05, 0.1) is 24.3 Å². The van der Waals surface area contributed by atoms with Gasteiger partial charge < -0.3 is 24.5 Å². The smallest absolute Gasteiger partial charge is 0.337 e. The molecule has 0 bridgehead atoms. The molecule has 5 rings (SSSR count). The summed E-state index contributed by atoms with van der Waals surface area (Å²) in [6.07, 6.45) is 3.67. The molecule has 1 spiro atoms. The Kier molecular flexibility index (Phi) is 4.60. The second-order valence-corrected chi connectivity index (χ2v) is 8.49. The normalized spacial score (nSPS) is 21.1. The molecule has 156 valence electrons. The lowest BCUT2D eigenvalue weighted by atomic mass is 9.87. The number of hydrogen-bond donors (Lipinski definition) is 2. The van der Waals surface area contributed by atoms with Gasteiger partial charge in [-0.15, -0.1) is 0 Å². The van der Waals surface area contributed by atoms with E-state index in [2.05, 4.69) is 9.88 Å². The van der Waals surface area contributed by atoms with Gasteiger partial charge in [-0.25, -0.2) is 4.79 Å². The number of rotatable bonds is 4. The highest BCUT2D eigenvalue weighted by Gasteiger charge is 2.41. The number of halogens is 1. The molecule has 1 aromatic carbocycles. The first-order valence-corrected chi connectivity index (χ1v) is 10.3. The van der Waals surface area contributed by atoms with Crippen molar-refractivity contribution in [2.75, 3.05) is 38.3 Å². The van der Waals surface area contributed by atoms with Crippen LogP contribution in [0.3, 0.4) is 0 Å². The molecule has 3 aromatic rings. The summed E-state index contributed by atoms with van der Waals surface area (Å²) < 4.78 is 11.2. The van der Waals surface area contributed by atoms with Crippen LogP contribution in [0.5, 0.6) is 5.88 Å². The maximum Gasteiger partial charge on any atom is 0.337 e. The van der Waals surface area contributed by atoms with Crippen molar-refractivity contribution in [3.8, 4) is 17.0 Å². The quantitative estimate of drug-likeness (QED) is 0.648. The van der Waals surface area contributed by atoms with Crippen molar-refractivity contribution in [1.82, 2.24) is 9.97 Å². The molecule has 4 heterocycles. The van der Waals surface area contributed by atoms with Crippen LogP contribution in [0.2, 0.25) is 5.02 Å². The van der Waals surface area contributed by atoms with E-state index in [4.69, 9.17) is 26.1 Å². The molecule has 2 aromatic heterocycles. The summed E-state index contributed by atoms with van der Waals surface area (Å²) in [6, 6.07) is 7.42. The van der Waals surface area contributed by atoms with Crippen LogP contribution in [0.15, 0.2) is 30.5 Å². The van der Waals surface area contributed by atoms with E-state index in [0.717, 1.165) is 50.5 Å². The van der Waals surface area contributed by atoms with E-state index in [-0.39, 0.29) is 11.0 Å². The molecule has 8 heteroatoms. The zero-order chi connectivity index (χ0) is 20.9. The molecular weight excluding hydrogens is 406 g/mol. The molecular formula is C22H22ClN3O4. The van der Waals surface area contributed by atoms with Crippen LogP contribution in [0.25, 0.3) is 22.0 Å². The van der Waals surface area contributed by atoms with E-state index in [1.165, 1.54) is 6.20 Å². The second kappa shape index (κ2) is 7.18. The molecule has 2 aliphatic rings. The van der Waals surface area contributed by atoms with Gasteiger partial charge in [0.15, 0.2) is 0 Å². The van der Waals surface area contributed by atoms with Crippen LogP contribution in [0, 0.1) is 5.41 Å². The van der Waals surface area contributed by atoms with Crippen LogP contribution in [0.1, 0.15) is 23.2 Å². The molecule has 2 aliphatic heterocycles. The zero-order valence-corrected chi connectivity index (χ0v) is 17.3. The minimum Gasteiger partial charge on any atom is -0.480 e. The zero-order valence-electron chi connectivity index (χ0n) is 16.6. The van der Waals surface area contributed by atoms with E-state index >= 15 is 0 Å². The monoisotopic (exact) mass is 427 g/mol. The summed E-state index contributed by atoms with van der Waals surface area (Å²) >= 11 is 6.53. The van der Waals surface area contributed by atoms with Gasteiger partial charge in [-0.2, -0.15) is 4.98 Å². The first kappa shape index (κ1) is 19.2. The topological polar surface area (TPSA) is 87.7 Å². The van der Waals surface area contributed by atoms with Crippen LogP contribution in [-0.4, -0.2) is 54.5 Å². The van der Waals surface area contributed by atoms with Gasteiger partial charge in [0.25, 0.3) is 0 Å². The molecule has 0 aliphatic carbocycles. The number of hydrogen-bond acceptors (Lipinski definition) is 5. The maximum absolute atomic E-state index is 11.5. The predicted molar refractivity (Wildman–Crippen MR) is 115 cm³/mol. The van der Waals surface area contributed by atoms with E-state index in [1.807, 2.05) is 12.1 Å². The Morgan fingerprint density at radius 1 is 1.33 bits per heavy atom. The fourth-order valence-electron chi connectivity index (χ4n) is 4.60. The van der Waals surface area contributed by atoms with Crippen molar-refractivity contribution in [3.05, 3.63) is 41.0 Å². The number of anilines is 1. The van der Waals surface area contributed by atoms with Gasteiger partial charge in [-0.1, -0.05) is 11.6 Å². The van der Waals surface area contributed by atoms with Crippen LogP contribution < -0.4 is 9.64 Å². The fraction of sp³-hybridized carbons (Fsp3) is 0.364. The second-order valence-electron chi connectivity index (χ2n) is 8.09. The molecule has 2 saturated heterocycles. The minimum atomic E-state index is -0.992. The van der Waals surface area contributed by atoms with Crippen molar-refractivity contribution >= 4 is 34.3 Å². The molecule has 2 fully saturated rings. The lowest BCUT2D eigenvalue weighted by molar-refractivity contribution is 0.0699. The standard InChI is InChI=1S/C22H22ClN3O4/c1-29-20-13(14-8-15-16(21(27)28)10-24-18(15)9-17(14)23)2-3-19(25-20)26-6-4-22(11-26)5-7-30-12-22/h2-3,8-10,24H,4-7,11-12H2,1H3,(H,27,28). The van der Waals surface area contributed by atoms with Crippen molar-refractivity contribution in [3.63, 3.8) is 0 Å². The Labute approximate surface area is 178 Å². The summed E-state index contributed by atoms with van der Waals surface area (Å²) in [5, 5.41) is 10.5.